The lowest BCUT2D eigenvalue weighted by Gasteiger charge is -2.19. The molecule has 0 heterocycles. The molecule has 0 radical (unpaired) electrons. The second kappa shape index (κ2) is 3.44. The minimum absolute atomic E-state index is 1.36. The van der Waals surface area contributed by atoms with Crippen LogP contribution in [0.4, 0.5) is 4.39 Å². The van der Waals surface area contributed by atoms with Gasteiger partial charge in [0.1, 0.15) is 4.84 Å². The van der Waals surface area contributed by atoms with Crippen LogP contribution in [-0.4, -0.2) is 20.6 Å². The summed E-state index contributed by atoms with van der Waals surface area (Å²) < 4.78 is 9.72. The number of rotatable bonds is 2. The van der Waals surface area contributed by atoms with E-state index in [1.165, 1.54) is 0 Å². The second-order valence-electron chi connectivity index (χ2n) is 1.31. The van der Waals surface area contributed by atoms with Crippen molar-refractivity contribution in [3.63, 3.8) is 0 Å². The highest BCUT2D eigenvalue weighted by atomic mass is 35.5. The van der Waals surface area contributed by atoms with Crippen LogP contribution >= 0.6 is 46.4 Å². The molecule has 0 amide bonds. The van der Waals surface area contributed by atoms with Gasteiger partial charge in [-0.15, -0.1) is 23.2 Å². The first kappa shape index (κ1) is 10.0. The van der Waals surface area contributed by atoms with Gasteiger partial charge < -0.3 is 5.11 Å². The van der Waals surface area contributed by atoms with Crippen LogP contribution in [0.5, 0.6) is 0 Å². The van der Waals surface area contributed by atoms with Crippen molar-refractivity contribution in [2.75, 3.05) is 0 Å². The first-order valence-corrected chi connectivity index (χ1v) is 3.50. The first-order chi connectivity index (χ1) is 3.89. The maximum atomic E-state index is 11.9. The average Bonchev–Trinajstić information content (AvgIpc) is 1.65. The normalized spacial score (nSPS) is 16.3. The Morgan fingerprint density at radius 2 is 1.67 bits per heavy atom. The van der Waals surface area contributed by atoms with Crippen molar-refractivity contribution in [2.24, 2.45) is 0 Å². The van der Waals surface area contributed by atoms with Crippen molar-refractivity contribution < 1.29 is 9.50 Å². The predicted octanol–water partition coefficient (Wildman–Crippen LogP) is 2.25. The van der Waals surface area contributed by atoms with E-state index in [1.54, 1.807) is 0 Å². The lowest BCUT2D eigenvalue weighted by molar-refractivity contribution is 0.0301. The smallest absolute Gasteiger partial charge is 0.232 e. The van der Waals surface area contributed by atoms with Crippen LogP contribution < -0.4 is 0 Å². The van der Waals surface area contributed by atoms with Crippen molar-refractivity contribution in [3.8, 4) is 0 Å². The van der Waals surface area contributed by atoms with Gasteiger partial charge in [0.05, 0.1) is 0 Å². The molecule has 0 aliphatic heterocycles. The molecule has 0 bridgehead atoms. The Bertz CT molecular complexity index is 83.8. The van der Waals surface area contributed by atoms with Gasteiger partial charge in [-0.05, 0) is 0 Å². The molecule has 0 saturated carbocycles. The molecule has 0 fully saturated rings. The number of aliphatic hydroxyl groups excluding tert-OH is 1. The van der Waals surface area contributed by atoms with Crippen LogP contribution in [0.1, 0.15) is 0 Å². The Balaban J connectivity index is 4.01. The summed E-state index contributed by atoms with van der Waals surface area (Å²) in [7, 11) is 0. The van der Waals surface area contributed by atoms with Crippen molar-refractivity contribution in [3.05, 3.63) is 0 Å². The van der Waals surface area contributed by atoms with Gasteiger partial charge in [-0.25, -0.2) is 4.39 Å². The van der Waals surface area contributed by atoms with E-state index in [-0.39, 0.29) is 0 Å². The standard InChI is InChI=1S/C3H3Cl4FO/c4-1(5)3(6,7)2(8)9/h1-2,9H. The van der Waals surface area contributed by atoms with Crippen LogP contribution in [0.25, 0.3) is 0 Å². The van der Waals surface area contributed by atoms with E-state index >= 15 is 0 Å². The maximum absolute atomic E-state index is 11.9. The summed E-state index contributed by atoms with van der Waals surface area (Å²) in [5.74, 6) is 0. The number of hydrogen-bond acceptors (Lipinski definition) is 1. The van der Waals surface area contributed by atoms with Crippen LogP contribution in [0.15, 0.2) is 0 Å². The molecule has 0 aromatic carbocycles. The summed E-state index contributed by atoms with van der Waals surface area (Å²) in [5, 5.41) is 8.15. The Labute approximate surface area is 71.6 Å². The summed E-state index contributed by atoms with van der Waals surface area (Å²) in [6.07, 6.45) is -2.44. The molecule has 56 valence electrons. The third-order valence-corrected chi connectivity index (χ3v) is 2.54. The molecule has 0 aliphatic carbocycles. The molecule has 0 aromatic heterocycles. The third kappa shape index (κ3) is 2.64. The van der Waals surface area contributed by atoms with Gasteiger partial charge in [0.15, 0.2) is 0 Å². The highest BCUT2D eigenvalue weighted by Gasteiger charge is 2.40. The zero-order valence-corrected chi connectivity index (χ0v) is 7.02. The fourth-order valence-electron chi connectivity index (χ4n) is 0.104. The number of halogens is 5. The largest absolute Gasteiger partial charge is 0.362 e. The molecule has 0 spiro atoms. The number of hydrogen-bond donors (Lipinski definition) is 1. The minimum atomic E-state index is -2.44. The molecule has 0 saturated heterocycles. The SMILES string of the molecule is OC(F)C(Cl)(Cl)C(Cl)Cl. The molecule has 0 aliphatic rings. The first-order valence-electron chi connectivity index (χ1n) is 1.87. The molecule has 1 atom stereocenters. The third-order valence-electron chi connectivity index (χ3n) is 0.609. The Kier molecular flexibility index (Phi) is 3.85. The maximum Gasteiger partial charge on any atom is 0.232 e. The van der Waals surface area contributed by atoms with E-state index in [2.05, 4.69) is 0 Å². The number of alkyl halides is 5. The topological polar surface area (TPSA) is 20.2 Å². The summed E-state index contributed by atoms with van der Waals surface area (Å²) in [6.45, 7) is 0. The summed E-state index contributed by atoms with van der Waals surface area (Å²) in [6, 6.07) is 0. The van der Waals surface area contributed by atoms with Crippen molar-refractivity contribution in [2.45, 2.75) is 15.5 Å². The minimum Gasteiger partial charge on any atom is -0.362 e. The zero-order valence-electron chi connectivity index (χ0n) is 3.99. The second-order valence-corrected chi connectivity index (χ2v) is 3.85. The lowest BCUT2D eigenvalue weighted by atomic mass is 10.5. The van der Waals surface area contributed by atoms with Crippen LogP contribution in [0, 0.1) is 0 Å². The fraction of sp³-hybridized carbons (Fsp3) is 1.00. The van der Waals surface area contributed by atoms with Crippen molar-refractivity contribution in [1.29, 1.82) is 0 Å². The quantitative estimate of drug-likeness (QED) is 0.701. The predicted molar refractivity (Wildman–Crippen MR) is 37.0 cm³/mol. The monoisotopic (exact) mass is 214 g/mol. The van der Waals surface area contributed by atoms with Crippen LogP contribution in [-0.2, 0) is 0 Å². The molecule has 1 unspecified atom stereocenters. The van der Waals surface area contributed by atoms with E-state index in [1.807, 2.05) is 0 Å². The van der Waals surface area contributed by atoms with E-state index in [9.17, 15) is 4.39 Å². The summed E-state index contributed by atoms with van der Waals surface area (Å²) >= 11 is 20.3. The molecular formula is C3H3Cl4FO. The van der Waals surface area contributed by atoms with Gasteiger partial charge in [-0.1, -0.05) is 23.2 Å². The Morgan fingerprint density at radius 1 is 1.33 bits per heavy atom. The van der Waals surface area contributed by atoms with Gasteiger partial charge in [-0.2, -0.15) is 0 Å². The van der Waals surface area contributed by atoms with E-state index in [0.29, 0.717) is 0 Å². The van der Waals surface area contributed by atoms with E-state index < -0.39 is 15.5 Å². The lowest BCUT2D eigenvalue weighted by Crippen LogP contribution is -2.33. The van der Waals surface area contributed by atoms with E-state index in [4.69, 9.17) is 51.5 Å². The summed E-state index contributed by atoms with van der Waals surface area (Å²) in [5.41, 5.74) is 0. The van der Waals surface area contributed by atoms with Gasteiger partial charge in [0.2, 0.25) is 10.7 Å². The molecule has 0 aromatic rings. The highest BCUT2D eigenvalue weighted by Crippen LogP contribution is 2.35. The summed E-state index contributed by atoms with van der Waals surface area (Å²) in [4.78, 5) is -1.36. The van der Waals surface area contributed by atoms with Crippen LogP contribution in [0.3, 0.4) is 0 Å². The van der Waals surface area contributed by atoms with Gasteiger partial charge >= 0.3 is 0 Å². The molecule has 1 N–H and O–H groups in total. The molecule has 9 heavy (non-hydrogen) atoms. The van der Waals surface area contributed by atoms with Gasteiger partial charge in [-0.3, -0.25) is 0 Å². The average molecular weight is 216 g/mol. The Hall–Kier alpha value is 1.05. The van der Waals surface area contributed by atoms with Crippen LogP contribution in [0.2, 0.25) is 0 Å². The van der Waals surface area contributed by atoms with Crippen molar-refractivity contribution >= 4 is 46.4 Å². The highest BCUT2D eigenvalue weighted by molar-refractivity contribution is 6.60. The zero-order chi connectivity index (χ0) is 7.65. The van der Waals surface area contributed by atoms with Gasteiger partial charge in [0.25, 0.3) is 0 Å². The van der Waals surface area contributed by atoms with Gasteiger partial charge in [0, 0.05) is 0 Å². The molecule has 0 rings (SSSR count). The number of aliphatic hydroxyl groups is 1. The molecule has 1 nitrogen and oxygen atoms in total. The van der Waals surface area contributed by atoms with Crippen molar-refractivity contribution in [1.82, 2.24) is 0 Å². The van der Waals surface area contributed by atoms with E-state index in [0.717, 1.165) is 0 Å². The fourth-order valence-corrected chi connectivity index (χ4v) is 0.312. The molecule has 6 heteroatoms. The molecular weight excluding hydrogens is 213 g/mol. The Morgan fingerprint density at radius 3 is 1.67 bits per heavy atom.